The van der Waals surface area contributed by atoms with Crippen LogP contribution >= 0.6 is 35.0 Å². The number of carbonyl (C=O) groups is 1. The van der Waals surface area contributed by atoms with Gasteiger partial charge in [0.2, 0.25) is 5.91 Å². The number of rotatable bonds is 5. The largest absolute Gasteiger partial charge is 0.351 e. The molecule has 0 aliphatic rings. The van der Waals surface area contributed by atoms with Gasteiger partial charge in [-0.2, -0.15) is 0 Å². The van der Waals surface area contributed by atoms with Crippen LogP contribution in [0.25, 0.3) is 0 Å². The molecule has 0 spiro atoms. The van der Waals surface area contributed by atoms with Gasteiger partial charge in [0.15, 0.2) is 0 Å². The Hall–Kier alpha value is -1.16. The lowest BCUT2D eigenvalue weighted by molar-refractivity contribution is -0.118. The molecule has 2 nitrogen and oxygen atoms in total. The van der Waals surface area contributed by atoms with Crippen molar-refractivity contribution in [2.45, 2.75) is 11.4 Å². The van der Waals surface area contributed by atoms with Crippen LogP contribution < -0.4 is 5.32 Å². The van der Waals surface area contributed by atoms with Crippen molar-refractivity contribution in [3.05, 3.63) is 64.1 Å². The van der Waals surface area contributed by atoms with Gasteiger partial charge in [-0.1, -0.05) is 53.5 Å². The number of halogens is 2. The third kappa shape index (κ3) is 4.75. The molecule has 2 rings (SSSR count). The summed E-state index contributed by atoms with van der Waals surface area (Å²) in [6.07, 6.45) is 0. The summed E-state index contributed by atoms with van der Waals surface area (Å²) in [6.45, 7) is 0.531. The van der Waals surface area contributed by atoms with E-state index in [-0.39, 0.29) is 5.91 Å². The quantitative estimate of drug-likeness (QED) is 0.825. The normalized spacial score (nSPS) is 10.3. The average Bonchev–Trinajstić information content (AvgIpc) is 2.47. The van der Waals surface area contributed by atoms with Crippen LogP contribution in [0.3, 0.4) is 0 Å². The molecule has 0 saturated carbocycles. The van der Waals surface area contributed by atoms with Crippen molar-refractivity contribution in [1.82, 2.24) is 5.32 Å². The molecule has 0 aromatic heterocycles. The number of amides is 1. The minimum absolute atomic E-state index is 0.0325. The molecule has 104 valence electrons. The zero-order valence-electron chi connectivity index (χ0n) is 10.6. The van der Waals surface area contributed by atoms with Crippen molar-refractivity contribution in [2.75, 3.05) is 5.75 Å². The van der Waals surface area contributed by atoms with E-state index in [9.17, 15) is 4.79 Å². The average molecular weight is 326 g/mol. The van der Waals surface area contributed by atoms with Crippen molar-refractivity contribution < 1.29 is 4.79 Å². The Balaban J connectivity index is 1.82. The molecule has 0 unspecified atom stereocenters. The predicted octanol–water partition coefficient (Wildman–Crippen LogP) is 4.40. The highest BCUT2D eigenvalue weighted by molar-refractivity contribution is 8.00. The lowest BCUT2D eigenvalue weighted by Crippen LogP contribution is -2.24. The summed E-state index contributed by atoms with van der Waals surface area (Å²) in [5.74, 6) is 0.280. The molecule has 1 N–H and O–H groups in total. The van der Waals surface area contributed by atoms with Crippen LogP contribution in [0.15, 0.2) is 53.4 Å². The fraction of sp³-hybridized carbons (Fsp3) is 0.133. The molecule has 1 amide bonds. The van der Waals surface area contributed by atoms with Crippen LogP contribution in [-0.2, 0) is 11.3 Å². The van der Waals surface area contributed by atoms with Gasteiger partial charge in [0, 0.05) is 16.5 Å². The van der Waals surface area contributed by atoms with Gasteiger partial charge < -0.3 is 5.32 Å². The zero-order chi connectivity index (χ0) is 14.4. The number of thioether (sulfide) groups is 1. The molecule has 0 aliphatic heterocycles. The lowest BCUT2D eigenvalue weighted by Gasteiger charge is -2.06. The Kier molecular flexibility index (Phi) is 5.77. The van der Waals surface area contributed by atoms with E-state index in [2.05, 4.69) is 5.32 Å². The van der Waals surface area contributed by atoms with Crippen molar-refractivity contribution >= 4 is 40.9 Å². The number of hydrogen-bond donors (Lipinski definition) is 1. The van der Waals surface area contributed by atoms with Crippen molar-refractivity contribution in [1.29, 1.82) is 0 Å². The van der Waals surface area contributed by atoms with E-state index < -0.39 is 0 Å². The summed E-state index contributed by atoms with van der Waals surface area (Å²) in [7, 11) is 0. The summed E-state index contributed by atoms with van der Waals surface area (Å²) in [6, 6.07) is 15.0. The molecule has 0 bridgehead atoms. The molecule has 2 aromatic carbocycles. The second kappa shape index (κ2) is 7.58. The van der Waals surface area contributed by atoms with E-state index in [1.54, 1.807) is 18.2 Å². The monoisotopic (exact) mass is 325 g/mol. The molecule has 0 heterocycles. The van der Waals surface area contributed by atoms with Crippen LogP contribution in [-0.4, -0.2) is 11.7 Å². The highest BCUT2D eigenvalue weighted by Gasteiger charge is 2.06. The molecule has 5 heteroatoms. The zero-order valence-corrected chi connectivity index (χ0v) is 12.9. The van der Waals surface area contributed by atoms with Gasteiger partial charge in [0.05, 0.1) is 10.8 Å². The first-order chi connectivity index (χ1) is 9.65. The predicted molar refractivity (Wildman–Crippen MR) is 85.5 cm³/mol. The van der Waals surface area contributed by atoms with E-state index in [0.717, 1.165) is 10.5 Å². The maximum absolute atomic E-state index is 11.8. The van der Waals surface area contributed by atoms with Crippen LogP contribution in [0.5, 0.6) is 0 Å². The third-order valence-corrected chi connectivity index (χ3v) is 4.32. The molecule has 20 heavy (non-hydrogen) atoms. The van der Waals surface area contributed by atoms with Gasteiger partial charge in [-0.3, -0.25) is 4.79 Å². The maximum Gasteiger partial charge on any atom is 0.230 e. The third-order valence-electron chi connectivity index (χ3n) is 2.58. The highest BCUT2D eigenvalue weighted by atomic mass is 35.5. The Morgan fingerprint density at radius 2 is 1.85 bits per heavy atom. The van der Waals surface area contributed by atoms with E-state index in [0.29, 0.717) is 22.3 Å². The molecular weight excluding hydrogens is 313 g/mol. The summed E-state index contributed by atoms with van der Waals surface area (Å²) >= 11 is 13.3. The van der Waals surface area contributed by atoms with Crippen molar-refractivity contribution in [3.8, 4) is 0 Å². The standard InChI is InChI=1S/C15H13Cl2NOS/c16-12-6-7-13(17)14(8-12)20-10-15(19)18-9-11-4-2-1-3-5-11/h1-8H,9-10H2,(H,18,19). The smallest absolute Gasteiger partial charge is 0.230 e. The number of benzene rings is 2. The Morgan fingerprint density at radius 3 is 2.60 bits per heavy atom. The summed E-state index contributed by atoms with van der Waals surface area (Å²) in [4.78, 5) is 12.6. The molecule has 0 radical (unpaired) electrons. The summed E-state index contributed by atoms with van der Waals surface area (Å²) in [5, 5.41) is 4.09. The SMILES string of the molecule is O=C(CSc1cc(Cl)ccc1Cl)NCc1ccccc1. The summed E-state index contributed by atoms with van der Waals surface area (Å²) in [5.41, 5.74) is 1.08. The Morgan fingerprint density at radius 1 is 1.10 bits per heavy atom. The first-order valence-electron chi connectivity index (χ1n) is 6.03. The molecule has 0 fully saturated rings. The topological polar surface area (TPSA) is 29.1 Å². The minimum atomic E-state index is -0.0325. The van der Waals surface area contributed by atoms with E-state index >= 15 is 0 Å². The van der Waals surface area contributed by atoms with Gasteiger partial charge in [-0.05, 0) is 23.8 Å². The fourth-order valence-electron chi connectivity index (χ4n) is 1.58. The van der Waals surface area contributed by atoms with Gasteiger partial charge in [-0.25, -0.2) is 0 Å². The van der Waals surface area contributed by atoms with Crippen LogP contribution in [0, 0.1) is 0 Å². The van der Waals surface area contributed by atoms with E-state index in [1.165, 1.54) is 11.8 Å². The van der Waals surface area contributed by atoms with Crippen molar-refractivity contribution in [3.63, 3.8) is 0 Å². The second-order valence-corrected chi connectivity index (χ2v) is 5.99. The van der Waals surface area contributed by atoms with Gasteiger partial charge in [0.1, 0.15) is 0 Å². The fourth-order valence-corrected chi connectivity index (χ4v) is 2.90. The molecule has 0 aliphatic carbocycles. The van der Waals surface area contributed by atoms with Crippen LogP contribution in [0.4, 0.5) is 0 Å². The van der Waals surface area contributed by atoms with Crippen LogP contribution in [0.2, 0.25) is 10.0 Å². The Bertz CT molecular complexity index is 590. The van der Waals surface area contributed by atoms with Crippen molar-refractivity contribution in [2.24, 2.45) is 0 Å². The van der Waals surface area contributed by atoms with E-state index in [4.69, 9.17) is 23.2 Å². The number of nitrogens with one attached hydrogen (secondary N) is 1. The van der Waals surface area contributed by atoms with Gasteiger partial charge in [0.25, 0.3) is 0 Å². The number of hydrogen-bond acceptors (Lipinski definition) is 2. The Labute approximate surface area is 132 Å². The van der Waals surface area contributed by atoms with Gasteiger partial charge >= 0.3 is 0 Å². The van der Waals surface area contributed by atoms with Gasteiger partial charge in [-0.15, -0.1) is 11.8 Å². The first kappa shape index (κ1) is 15.2. The molecule has 0 saturated heterocycles. The van der Waals surface area contributed by atoms with Crippen LogP contribution in [0.1, 0.15) is 5.56 Å². The lowest BCUT2D eigenvalue weighted by atomic mass is 10.2. The minimum Gasteiger partial charge on any atom is -0.351 e. The maximum atomic E-state index is 11.8. The molecule has 2 aromatic rings. The van der Waals surface area contributed by atoms with E-state index in [1.807, 2.05) is 30.3 Å². The summed E-state index contributed by atoms with van der Waals surface area (Å²) < 4.78 is 0. The number of carbonyl (C=O) groups excluding carboxylic acids is 1. The second-order valence-electron chi connectivity index (χ2n) is 4.13. The molecular formula is C15H13Cl2NOS. The highest BCUT2D eigenvalue weighted by Crippen LogP contribution is 2.29. The molecule has 0 atom stereocenters. The first-order valence-corrected chi connectivity index (χ1v) is 7.78.